The van der Waals surface area contributed by atoms with E-state index in [-0.39, 0.29) is 18.0 Å². The topological polar surface area (TPSA) is 68.4 Å². The second-order valence-electron chi connectivity index (χ2n) is 5.93. The lowest BCUT2D eigenvalue weighted by Crippen LogP contribution is -2.33. The first-order valence-electron chi connectivity index (χ1n) is 7.88. The van der Waals surface area contributed by atoms with Gasteiger partial charge in [-0.2, -0.15) is 5.10 Å². The summed E-state index contributed by atoms with van der Waals surface area (Å²) in [5, 5.41) is 8.92. The first kappa shape index (κ1) is 15.6. The molecule has 0 bridgehead atoms. The molecule has 1 N–H and O–H groups in total. The van der Waals surface area contributed by atoms with E-state index in [9.17, 15) is 9.59 Å². The van der Waals surface area contributed by atoms with Crippen molar-refractivity contribution >= 4 is 33.0 Å². The number of aryl methyl sites for hydroxylation is 1. The molecule has 6 nitrogen and oxygen atoms in total. The SMILES string of the molecule is Cc1ccc(CNC(=O)Cn2ncn3c(cc4sccc43)c2=O)cc1. The normalized spacial score (nSPS) is 11.2. The van der Waals surface area contributed by atoms with Gasteiger partial charge in [-0.3, -0.25) is 14.0 Å². The van der Waals surface area contributed by atoms with E-state index in [1.807, 2.05) is 48.7 Å². The monoisotopic (exact) mass is 352 g/mol. The largest absolute Gasteiger partial charge is 0.350 e. The molecular weight excluding hydrogens is 336 g/mol. The molecule has 0 aliphatic heterocycles. The lowest BCUT2D eigenvalue weighted by atomic mass is 10.1. The Balaban J connectivity index is 1.51. The smallest absolute Gasteiger partial charge is 0.291 e. The molecule has 0 saturated heterocycles. The second-order valence-corrected chi connectivity index (χ2v) is 6.87. The number of amides is 1. The van der Waals surface area contributed by atoms with E-state index in [4.69, 9.17) is 0 Å². The number of hydrogen-bond acceptors (Lipinski definition) is 4. The molecule has 7 heteroatoms. The summed E-state index contributed by atoms with van der Waals surface area (Å²) in [4.78, 5) is 24.7. The van der Waals surface area contributed by atoms with Crippen molar-refractivity contribution < 1.29 is 4.79 Å². The van der Waals surface area contributed by atoms with E-state index in [1.54, 1.807) is 22.1 Å². The van der Waals surface area contributed by atoms with Crippen molar-refractivity contribution in [1.82, 2.24) is 19.5 Å². The number of rotatable bonds is 4. The molecule has 0 atom stereocenters. The molecule has 4 aromatic rings. The van der Waals surface area contributed by atoms with Crippen LogP contribution in [0.1, 0.15) is 11.1 Å². The Hall–Kier alpha value is -2.93. The lowest BCUT2D eigenvalue weighted by Gasteiger charge is -2.07. The third-order valence-corrected chi connectivity index (χ3v) is 4.98. The van der Waals surface area contributed by atoms with Gasteiger partial charge in [-0.05, 0) is 30.0 Å². The summed E-state index contributed by atoms with van der Waals surface area (Å²) in [5.74, 6) is -0.243. The third-order valence-electron chi connectivity index (χ3n) is 4.12. The Morgan fingerprint density at radius 1 is 1.20 bits per heavy atom. The highest BCUT2D eigenvalue weighted by atomic mass is 32.1. The van der Waals surface area contributed by atoms with Crippen LogP contribution in [-0.4, -0.2) is 20.1 Å². The zero-order valence-corrected chi connectivity index (χ0v) is 14.4. The van der Waals surface area contributed by atoms with Gasteiger partial charge in [-0.25, -0.2) is 4.68 Å². The Kier molecular flexibility index (Phi) is 3.85. The quantitative estimate of drug-likeness (QED) is 0.613. The summed E-state index contributed by atoms with van der Waals surface area (Å²) in [7, 11) is 0. The summed E-state index contributed by atoms with van der Waals surface area (Å²) in [6, 6.07) is 11.7. The van der Waals surface area contributed by atoms with Gasteiger partial charge in [0.1, 0.15) is 18.4 Å². The second kappa shape index (κ2) is 6.18. The van der Waals surface area contributed by atoms with Gasteiger partial charge in [-0.1, -0.05) is 29.8 Å². The van der Waals surface area contributed by atoms with Crippen LogP contribution in [0.25, 0.3) is 15.7 Å². The lowest BCUT2D eigenvalue weighted by molar-refractivity contribution is -0.122. The van der Waals surface area contributed by atoms with Crippen LogP contribution in [0.15, 0.2) is 52.9 Å². The molecule has 126 valence electrons. The highest BCUT2D eigenvalue weighted by Gasteiger charge is 2.12. The Morgan fingerprint density at radius 2 is 2.00 bits per heavy atom. The number of nitrogens with zero attached hydrogens (tertiary/aromatic N) is 3. The molecular formula is C18H16N4O2S. The maximum atomic E-state index is 12.5. The highest BCUT2D eigenvalue weighted by Crippen LogP contribution is 2.22. The van der Waals surface area contributed by atoms with Crippen LogP contribution in [-0.2, 0) is 17.9 Å². The summed E-state index contributed by atoms with van der Waals surface area (Å²) in [6.45, 7) is 2.35. The zero-order chi connectivity index (χ0) is 17.4. The fraction of sp³-hybridized carbons (Fsp3) is 0.167. The maximum Gasteiger partial charge on any atom is 0.291 e. The van der Waals surface area contributed by atoms with E-state index >= 15 is 0 Å². The number of fused-ring (bicyclic) bond motifs is 3. The van der Waals surface area contributed by atoms with Gasteiger partial charge in [0.05, 0.1) is 10.2 Å². The average molecular weight is 352 g/mol. The van der Waals surface area contributed by atoms with Gasteiger partial charge in [-0.15, -0.1) is 11.3 Å². The number of hydrogen-bond donors (Lipinski definition) is 1. The van der Waals surface area contributed by atoms with Gasteiger partial charge >= 0.3 is 0 Å². The van der Waals surface area contributed by atoms with Gasteiger partial charge in [0.25, 0.3) is 5.56 Å². The highest BCUT2D eigenvalue weighted by molar-refractivity contribution is 7.17. The van der Waals surface area contributed by atoms with E-state index < -0.39 is 0 Å². The molecule has 1 amide bonds. The maximum absolute atomic E-state index is 12.5. The summed E-state index contributed by atoms with van der Waals surface area (Å²) in [6.07, 6.45) is 1.58. The van der Waals surface area contributed by atoms with Crippen molar-refractivity contribution in [2.75, 3.05) is 0 Å². The minimum absolute atomic E-state index is 0.0972. The van der Waals surface area contributed by atoms with E-state index in [1.165, 1.54) is 10.2 Å². The third kappa shape index (κ3) is 2.94. The number of nitrogens with one attached hydrogen (secondary N) is 1. The fourth-order valence-corrected chi connectivity index (χ4v) is 3.55. The molecule has 0 fully saturated rings. The van der Waals surface area contributed by atoms with E-state index in [0.29, 0.717) is 12.1 Å². The van der Waals surface area contributed by atoms with Crippen LogP contribution in [0.3, 0.4) is 0 Å². The van der Waals surface area contributed by atoms with Gasteiger partial charge in [0.2, 0.25) is 5.91 Å². The van der Waals surface area contributed by atoms with Crippen LogP contribution in [0.2, 0.25) is 0 Å². The van der Waals surface area contributed by atoms with Crippen molar-refractivity contribution in [3.05, 3.63) is 69.6 Å². The van der Waals surface area contributed by atoms with Crippen LogP contribution in [0, 0.1) is 6.92 Å². The number of carbonyl (C=O) groups excluding carboxylic acids is 1. The standard InChI is InChI=1S/C18H16N4O2S/c1-12-2-4-13(5-3-12)9-19-17(23)10-22-18(24)15-8-16-14(6-7-25-16)21(15)11-20-22/h2-8,11H,9-10H2,1H3,(H,19,23). The van der Waals surface area contributed by atoms with Crippen molar-refractivity contribution in [2.45, 2.75) is 20.0 Å². The molecule has 0 aliphatic carbocycles. The van der Waals surface area contributed by atoms with Crippen molar-refractivity contribution in [1.29, 1.82) is 0 Å². The number of benzene rings is 1. The van der Waals surface area contributed by atoms with Crippen LogP contribution in [0.4, 0.5) is 0 Å². The predicted octanol–water partition coefficient (Wildman–Crippen LogP) is 2.34. The van der Waals surface area contributed by atoms with Crippen molar-refractivity contribution in [3.63, 3.8) is 0 Å². The average Bonchev–Trinajstić information content (AvgIpc) is 3.19. The first-order chi connectivity index (χ1) is 12.1. The molecule has 0 saturated carbocycles. The predicted molar refractivity (Wildman–Crippen MR) is 97.9 cm³/mol. The summed E-state index contributed by atoms with van der Waals surface area (Å²) in [5.41, 5.74) is 3.41. The van der Waals surface area contributed by atoms with Crippen LogP contribution in [0.5, 0.6) is 0 Å². The van der Waals surface area contributed by atoms with Gasteiger partial charge in [0, 0.05) is 6.54 Å². The molecule has 4 rings (SSSR count). The molecule has 0 aliphatic rings. The number of aromatic nitrogens is 3. The molecule has 25 heavy (non-hydrogen) atoms. The minimum atomic E-state index is -0.267. The van der Waals surface area contributed by atoms with Crippen molar-refractivity contribution in [2.24, 2.45) is 0 Å². The molecule has 3 aromatic heterocycles. The Morgan fingerprint density at radius 3 is 2.80 bits per heavy atom. The summed E-state index contributed by atoms with van der Waals surface area (Å²) < 4.78 is 3.98. The zero-order valence-electron chi connectivity index (χ0n) is 13.6. The van der Waals surface area contributed by atoms with E-state index in [0.717, 1.165) is 15.8 Å². The molecule has 0 unspecified atom stereocenters. The first-order valence-corrected chi connectivity index (χ1v) is 8.76. The molecule has 3 heterocycles. The van der Waals surface area contributed by atoms with Crippen LogP contribution >= 0.6 is 11.3 Å². The number of carbonyl (C=O) groups is 1. The summed E-state index contributed by atoms with van der Waals surface area (Å²) >= 11 is 1.57. The molecule has 0 spiro atoms. The van der Waals surface area contributed by atoms with Crippen LogP contribution < -0.4 is 10.9 Å². The van der Waals surface area contributed by atoms with E-state index in [2.05, 4.69) is 10.4 Å². The van der Waals surface area contributed by atoms with Gasteiger partial charge < -0.3 is 5.32 Å². The number of thiophene rings is 1. The Bertz CT molecular complexity index is 1120. The van der Waals surface area contributed by atoms with Crippen molar-refractivity contribution in [3.8, 4) is 0 Å². The fourth-order valence-electron chi connectivity index (χ4n) is 2.74. The Labute approximate surface area is 147 Å². The van der Waals surface area contributed by atoms with Gasteiger partial charge in [0.15, 0.2) is 0 Å². The minimum Gasteiger partial charge on any atom is -0.350 e. The molecule has 0 radical (unpaired) electrons. The molecule has 1 aromatic carbocycles.